The Bertz CT molecular complexity index is 407. The molecule has 0 aliphatic heterocycles. The fourth-order valence-electron chi connectivity index (χ4n) is 1.94. The van der Waals surface area contributed by atoms with Gasteiger partial charge in [-0.25, -0.2) is 0 Å². The molecule has 0 heterocycles. The fraction of sp³-hybridized carbons (Fsp3) is 0.357. The molecule has 0 radical (unpaired) electrons. The van der Waals surface area contributed by atoms with Crippen LogP contribution in [0.2, 0.25) is 0 Å². The number of hydrogen-bond donors (Lipinski definition) is 0. The van der Waals surface area contributed by atoms with E-state index < -0.39 is 0 Å². The molecule has 2 rings (SSSR count). The van der Waals surface area contributed by atoms with E-state index in [0.717, 1.165) is 36.1 Å². The lowest BCUT2D eigenvalue weighted by Gasteiger charge is -2.06. The summed E-state index contributed by atoms with van der Waals surface area (Å²) in [6, 6.07) is 5.76. The first-order chi connectivity index (χ1) is 7.81. The molecule has 2 heteroatoms. The number of benzene rings is 1. The zero-order chi connectivity index (χ0) is 11.4. The summed E-state index contributed by atoms with van der Waals surface area (Å²) in [5.41, 5.74) is 2.00. The van der Waals surface area contributed by atoms with Crippen LogP contribution in [-0.2, 0) is 6.42 Å². The van der Waals surface area contributed by atoms with E-state index in [1.807, 2.05) is 24.3 Å². The Morgan fingerprint density at radius 1 is 1.38 bits per heavy atom. The molecule has 1 aromatic rings. The number of carbonyl (C=O) groups excluding carboxylic acids is 1. The first-order valence-corrected chi connectivity index (χ1v) is 5.71. The molecule has 1 aliphatic rings. The average Bonchev–Trinajstić information content (AvgIpc) is 2.66. The smallest absolute Gasteiger partial charge is 0.163 e. The Hall–Kier alpha value is -1.57. The topological polar surface area (TPSA) is 26.3 Å². The lowest BCUT2D eigenvalue weighted by Crippen LogP contribution is -1.98. The molecule has 16 heavy (non-hydrogen) atoms. The van der Waals surface area contributed by atoms with E-state index in [1.54, 1.807) is 0 Å². The number of fused-ring (bicyclic) bond motifs is 1. The standard InChI is InChI=1S/C14H16O2/c1-2-3-4-9-16-12-6-7-13-11(10-12)5-8-14(13)15/h2,6-7,10H,1,3-5,8-9H2. The van der Waals surface area contributed by atoms with Gasteiger partial charge in [0.15, 0.2) is 5.78 Å². The van der Waals surface area contributed by atoms with E-state index in [2.05, 4.69) is 6.58 Å². The van der Waals surface area contributed by atoms with Gasteiger partial charge < -0.3 is 4.74 Å². The second-order valence-corrected chi connectivity index (χ2v) is 4.02. The summed E-state index contributed by atoms with van der Waals surface area (Å²) in [5.74, 6) is 1.13. The molecule has 2 nitrogen and oxygen atoms in total. The molecule has 0 spiro atoms. The van der Waals surface area contributed by atoms with E-state index in [1.165, 1.54) is 0 Å². The van der Waals surface area contributed by atoms with Crippen molar-refractivity contribution in [2.75, 3.05) is 6.61 Å². The van der Waals surface area contributed by atoms with E-state index in [-0.39, 0.29) is 5.78 Å². The first kappa shape index (κ1) is 10.9. The Labute approximate surface area is 95.9 Å². The predicted molar refractivity (Wildman–Crippen MR) is 64.0 cm³/mol. The Morgan fingerprint density at radius 3 is 3.06 bits per heavy atom. The number of ketones is 1. The summed E-state index contributed by atoms with van der Waals surface area (Å²) in [6.45, 7) is 4.37. The number of Topliss-reactive ketones (excluding diaryl/α,β-unsaturated/α-hetero) is 1. The molecular formula is C14H16O2. The minimum Gasteiger partial charge on any atom is -0.494 e. The van der Waals surface area contributed by atoms with Gasteiger partial charge in [-0.1, -0.05) is 6.08 Å². The van der Waals surface area contributed by atoms with Crippen molar-refractivity contribution >= 4 is 5.78 Å². The molecule has 0 amide bonds. The van der Waals surface area contributed by atoms with Gasteiger partial charge in [0.05, 0.1) is 6.61 Å². The van der Waals surface area contributed by atoms with E-state index in [9.17, 15) is 4.79 Å². The van der Waals surface area contributed by atoms with Crippen molar-refractivity contribution in [2.45, 2.75) is 25.7 Å². The number of aryl methyl sites for hydroxylation is 1. The monoisotopic (exact) mass is 216 g/mol. The fourth-order valence-corrected chi connectivity index (χ4v) is 1.94. The van der Waals surface area contributed by atoms with Crippen LogP contribution >= 0.6 is 0 Å². The number of unbranched alkanes of at least 4 members (excludes halogenated alkanes) is 1. The highest BCUT2D eigenvalue weighted by Crippen LogP contribution is 2.26. The quantitative estimate of drug-likeness (QED) is 0.558. The minimum atomic E-state index is 0.258. The van der Waals surface area contributed by atoms with Crippen LogP contribution in [0.15, 0.2) is 30.9 Å². The van der Waals surface area contributed by atoms with Crippen LogP contribution in [0.4, 0.5) is 0 Å². The SMILES string of the molecule is C=CCCCOc1ccc2c(c1)CCC2=O. The molecule has 0 N–H and O–H groups in total. The normalized spacial score (nSPS) is 13.6. The molecule has 1 aliphatic carbocycles. The third-order valence-electron chi connectivity index (χ3n) is 2.82. The molecule has 1 aromatic carbocycles. The summed E-state index contributed by atoms with van der Waals surface area (Å²) < 4.78 is 5.61. The summed E-state index contributed by atoms with van der Waals surface area (Å²) in [7, 11) is 0. The van der Waals surface area contributed by atoms with Gasteiger partial charge in [-0.2, -0.15) is 0 Å². The van der Waals surface area contributed by atoms with Crippen LogP contribution in [0.1, 0.15) is 35.2 Å². The van der Waals surface area contributed by atoms with Crippen molar-refractivity contribution in [3.8, 4) is 5.75 Å². The highest BCUT2D eigenvalue weighted by Gasteiger charge is 2.19. The molecule has 0 saturated carbocycles. The predicted octanol–water partition coefficient (Wildman–Crippen LogP) is 3.16. The summed E-state index contributed by atoms with van der Waals surface area (Å²) in [6.07, 6.45) is 5.36. The maximum Gasteiger partial charge on any atom is 0.163 e. The van der Waals surface area contributed by atoms with E-state index in [0.29, 0.717) is 13.0 Å². The Morgan fingerprint density at radius 2 is 2.25 bits per heavy atom. The van der Waals surface area contributed by atoms with Crippen LogP contribution in [0, 0.1) is 0 Å². The van der Waals surface area contributed by atoms with Crippen LogP contribution in [-0.4, -0.2) is 12.4 Å². The summed E-state index contributed by atoms with van der Waals surface area (Å²) in [5, 5.41) is 0. The molecule has 0 aromatic heterocycles. The second kappa shape index (κ2) is 4.97. The van der Waals surface area contributed by atoms with Crippen molar-refractivity contribution in [1.82, 2.24) is 0 Å². The number of allylic oxidation sites excluding steroid dienone is 1. The zero-order valence-electron chi connectivity index (χ0n) is 9.37. The van der Waals surface area contributed by atoms with Crippen molar-refractivity contribution in [3.05, 3.63) is 42.0 Å². The van der Waals surface area contributed by atoms with Crippen LogP contribution in [0.3, 0.4) is 0 Å². The third kappa shape index (κ3) is 2.32. The maximum absolute atomic E-state index is 11.4. The summed E-state index contributed by atoms with van der Waals surface area (Å²) in [4.78, 5) is 11.4. The lowest BCUT2D eigenvalue weighted by molar-refractivity contribution is 0.0994. The van der Waals surface area contributed by atoms with Gasteiger partial charge in [-0.05, 0) is 43.0 Å². The largest absolute Gasteiger partial charge is 0.494 e. The molecule has 0 bridgehead atoms. The Kier molecular flexibility index (Phi) is 3.40. The number of ether oxygens (including phenoxy) is 1. The van der Waals surface area contributed by atoms with Crippen molar-refractivity contribution in [1.29, 1.82) is 0 Å². The van der Waals surface area contributed by atoms with Crippen LogP contribution < -0.4 is 4.74 Å². The highest BCUT2D eigenvalue weighted by molar-refractivity contribution is 6.00. The maximum atomic E-state index is 11.4. The van der Waals surface area contributed by atoms with E-state index >= 15 is 0 Å². The zero-order valence-corrected chi connectivity index (χ0v) is 9.37. The highest BCUT2D eigenvalue weighted by atomic mass is 16.5. The number of rotatable bonds is 5. The summed E-state index contributed by atoms with van der Waals surface area (Å²) >= 11 is 0. The van der Waals surface area contributed by atoms with Gasteiger partial charge in [0.25, 0.3) is 0 Å². The molecular weight excluding hydrogens is 200 g/mol. The van der Waals surface area contributed by atoms with Gasteiger partial charge in [-0.15, -0.1) is 6.58 Å². The number of carbonyl (C=O) groups is 1. The third-order valence-corrected chi connectivity index (χ3v) is 2.82. The van der Waals surface area contributed by atoms with Gasteiger partial charge in [0.1, 0.15) is 5.75 Å². The van der Waals surface area contributed by atoms with Crippen molar-refractivity contribution in [2.24, 2.45) is 0 Å². The van der Waals surface area contributed by atoms with Gasteiger partial charge in [0, 0.05) is 12.0 Å². The molecule has 0 fully saturated rings. The first-order valence-electron chi connectivity index (χ1n) is 5.71. The van der Waals surface area contributed by atoms with E-state index in [4.69, 9.17) is 4.74 Å². The van der Waals surface area contributed by atoms with Gasteiger partial charge in [-0.3, -0.25) is 4.79 Å². The van der Waals surface area contributed by atoms with Crippen LogP contribution in [0.5, 0.6) is 5.75 Å². The average molecular weight is 216 g/mol. The minimum absolute atomic E-state index is 0.258. The van der Waals surface area contributed by atoms with Gasteiger partial charge in [0.2, 0.25) is 0 Å². The molecule has 0 unspecified atom stereocenters. The van der Waals surface area contributed by atoms with Crippen LogP contribution in [0.25, 0.3) is 0 Å². The van der Waals surface area contributed by atoms with Gasteiger partial charge >= 0.3 is 0 Å². The molecule has 0 atom stereocenters. The second-order valence-electron chi connectivity index (χ2n) is 4.02. The molecule has 84 valence electrons. The number of hydrogen-bond acceptors (Lipinski definition) is 2. The van der Waals surface area contributed by atoms with Crippen molar-refractivity contribution < 1.29 is 9.53 Å². The van der Waals surface area contributed by atoms with Crippen molar-refractivity contribution in [3.63, 3.8) is 0 Å². The lowest BCUT2D eigenvalue weighted by atomic mass is 10.1. The Balaban J connectivity index is 1.97. The molecule has 0 saturated heterocycles.